The zero-order chi connectivity index (χ0) is 16.1. The summed E-state index contributed by atoms with van der Waals surface area (Å²) in [6, 6.07) is 0. The maximum absolute atomic E-state index is 12.6. The molecule has 0 aromatic carbocycles. The Morgan fingerprint density at radius 2 is 2.05 bits per heavy atom. The molecule has 0 spiro atoms. The summed E-state index contributed by atoms with van der Waals surface area (Å²) in [6.45, 7) is 3.57. The predicted octanol–water partition coefficient (Wildman–Crippen LogP) is 0.898. The molecule has 6 heteroatoms. The van der Waals surface area contributed by atoms with Gasteiger partial charge in [-0.05, 0) is 32.8 Å². The number of carbonyl (C=O) groups is 4. The number of hydrogen-bond donors (Lipinski definition) is 1. The number of carbonyl (C=O) groups excluding carboxylic acids is 4. The highest BCUT2D eigenvalue weighted by atomic mass is 16.5. The smallest absolute Gasteiger partial charge is 0.322 e. The molecule has 1 saturated heterocycles. The first-order chi connectivity index (χ1) is 10.4. The van der Waals surface area contributed by atoms with Gasteiger partial charge >= 0.3 is 5.97 Å². The van der Waals surface area contributed by atoms with Gasteiger partial charge in [0.2, 0.25) is 11.8 Å². The van der Waals surface area contributed by atoms with E-state index in [0.717, 1.165) is 0 Å². The van der Waals surface area contributed by atoms with Crippen molar-refractivity contribution in [1.29, 1.82) is 0 Å². The molecule has 3 rings (SSSR count). The van der Waals surface area contributed by atoms with Gasteiger partial charge in [-0.1, -0.05) is 12.0 Å². The molecule has 3 aliphatic rings. The molecule has 118 valence electrons. The molecule has 6 nitrogen and oxygen atoms in total. The molecule has 0 aromatic rings. The van der Waals surface area contributed by atoms with Crippen molar-refractivity contribution in [3.8, 4) is 0 Å². The van der Waals surface area contributed by atoms with Gasteiger partial charge in [-0.15, -0.1) is 0 Å². The van der Waals surface area contributed by atoms with E-state index in [1.807, 2.05) is 0 Å². The Labute approximate surface area is 128 Å². The summed E-state index contributed by atoms with van der Waals surface area (Å²) in [4.78, 5) is 49.7. The van der Waals surface area contributed by atoms with Crippen molar-refractivity contribution in [2.24, 2.45) is 16.7 Å². The average Bonchev–Trinajstić information content (AvgIpc) is 2.45. The first kappa shape index (κ1) is 14.9. The fraction of sp³-hybridized carbons (Fsp3) is 0.625. The Kier molecular flexibility index (Phi) is 3.23. The summed E-state index contributed by atoms with van der Waals surface area (Å²) in [5, 5.41) is 2.37. The number of esters is 1. The average molecular weight is 305 g/mol. The lowest BCUT2D eigenvalue weighted by Gasteiger charge is -2.56. The first-order valence-electron chi connectivity index (χ1n) is 7.64. The van der Waals surface area contributed by atoms with Crippen LogP contribution in [0.4, 0.5) is 0 Å². The lowest BCUT2D eigenvalue weighted by molar-refractivity contribution is -0.182. The molecule has 1 heterocycles. The van der Waals surface area contributed by atoms with E-state index in [1.165, 1.54) is 6.08 Å². The van der Waals surface area contributed by atoms with Gasteiger partial charge in [0, 0.05) is 12.3 Å². The van der Waals surface area contributed by atoms with Crippen LogP contribution in [0.15, 0.2) is 11.6 Å². The Balaban J connectivity index is 2.20. The largest absolute Gasteiger partial charge is 0.465 e. The number of nitrogens with one attached hydrogen (secondary N) is 1. The number of imide groups is 1. The fourth-order valence-corrected chi connectivity index (χ4v) is 4.51. The van der Waals surface area contributed by atoms with E-state index in [1.54, 1.807) is 13.8 Å². The van der Waals surface area contributed by atoms with Gasteiger partial charge in [0.25, 0.3) is 0 Å². The molecular formula is C16H19NO5. The van der Waals surface area contributed by atoms with Crippen LogP contribution in [0.2, 0.25) is 0 Å². The Morgan fingerprint density at radius 3 is 2.73 bits per heavy atom. The normalized spacial score (nSPS) is 37.1. The van der Waals surface area contributed by atoms with Crippen LogP contribution in [0.1, 0.15) is 39.5 Å². The van der Waals surface area contributed by atoms with E-state index < -0.39 is 28.6 Å². The van der Waals surface area contributed by atoms with Crippen LogP contribution in [0.5, 0.6) is 0 Å². The molecule has 0 radical (unpaired) electrons. The Hall–Kier alpha value is -1.98. The molecular weight excluding hydrogens is 286 g/mol. The van der Waals surface area contributed by atoms with Crippen molar-refractivity contribution < 1.29 is 23.9 Å². The zero-order valence-electron chi connectivity index (χ0n) is 12.7. The second kappa shape index (κ2) is 4.76. The molecule has 2 amide bonds. The molecule has 2 fully saturated rings. The molecule has 2 aliphatic carbocycles. The molecule has 1 N–H and O–H groups in total. The Morgan fingerprint density at radius 1 is 1.32 bits per heavy atom. The number of amides is 2. The van der Waals surface area contributed by atoms with Crippen LogP contribution >= 0.6 is 0 Å². The van der Waals surface area contributed by atoms with Gasteiger partial charge in [-0.3, -0.25) is 24.5 Å². The quantitative estimate of drug-likeness (QED) is 0.465. The third-order valence-corrected chi connectivity index (χ3v) is 5.50. The summed E-state index contributed by atoms with van der Waals surface area (Å²) >= 11 is 0. The second-order valence-corrected chi connectivity index (χ2v) is 6.35. The fourth-order valence-electron chi connectivity index (χ4n) is 4.51. The van der Waals surface area contributed by atoms with Crippen molar-refractivity contribution >= 4 is 23.6 Å². The third kappa shape index (κ3) is 1.61. The van der Waals surface area contributed by atoms with Crippen LogP contribution in [0.3, 0.4) is 0 Å². The van der Waals surface area contributed by atoms with Crippen molar-refractivity contribution in [2.75, 3.05) is 6.61 Å². The lowest BCUT2D eigenvalue weighted by atomic mass is 9.47. The van der Waals surface area contributed by atoms with Crippen molar-refractivity contribution in [3.63, 3.8) is 0 Å². The van der Waals surface area contributed by atoms with Crippen LogP contribution in [-0.2, 0) is 23.9 Å². The van der Waals surface area contributed by atoms with Crippen molar-refractivity contribution in [1.82, 2.24) is 5.32 Å². The van der Waals surface area contributed by atoms with Gasteiger partial charge in [0.1, 0.15) is 0 Å². The van der Waals surface area contributed by atoms with Gasteiger partial charge in [0.05, 0.1) is 12.0 Å². The SMILES string of the molecule is CCOC(=O)[C@]12CCC[C@@]3(C(=O)NC1=O)C(C)=CC(=O)C[C@H]23. The molecule has 0 unspecified atom stereocenters. The number of ether oxygens (including phenoxy) is 1. The highest BCUT2D eigenvalue weighted by molar-refractivity contribution is 6.15. The van der Waals surface area contributed by atoms with Gasteiger partial charge < -0.3 is 4.74 Å². The minimum absolute atomic E-state index is 0.0370. The summed E-state index contributed by atoms with van der Waals surface area (Å²) in [7, 11) is 0. The summed E-state index contributed by atoms with van der Waals surface area (Å²) in [6.07, 6.45) is 2.96. The minimum Gasteiger partial charge on any atom is -0.465 e. The highest BCUT2D eigenvalue weighted by Gasteiger charge is 2.69. The number of ketones is 1. The lowest BCUT2D eigenvalue weighted by Crippen LogP contribution is -2.70. The minimum atomic E-state index is -1.42. The van der Waals surface area contributed by atoms with Crippen LogP contribution in [0.25, 0.3) is 0 Å². The van der Waals surface area contributed by atoms with Crippen LogP contribution < -0.4 is 5.32 Å². The summed E-state index contributed by atoms with van der Waals surface area (Å²) < 4.78 is 5.14. The van der Waals surface area contributed by atoms with Crippen LogP contribution in [0, 0.1) is 16.7 Å². The molecule has 2 bridgehead atoms. The highest BCUT2D eigenvalue weighted by Crippen LogP contribution is 2.60. The van der Waals surface area contributed by atoms with E-state index in [0.29, 0.717) is 24.8 Å². The molecule has 3 atom stereocenters. The van der Waals surface area contributed by atoms with E-state index in [9.17, 15) is 19.2 Å². The van der Waals surface area contributed by atoms with Crippen molar-refractivity contribution in [2.45, 2.75) is 39.5 Å². The number of rotatable bonds is 2. The van der Waals surface area contributed by atoms with Crippen molar-refractivity contribution in [3.05, 3.63) is 11.6 Å². The Bertz CT molecular complexity index is 622. The summed E-state index contributed by atoms with van der Waals surface area (Å²) in [5.74, 6) is -2.39. The number of hydrogen-bond acceptors (Lipinski definition) is 5. The topological polar surface area (TPSA) is 89.5 Å². The molecule has 22 heavy (non-hydrogen) atoms. The standard InChI is InChI=1S/C16H19NO5/c1-3-22-14(21)16-6-4-5-15(12(19)17-13(16)20)9(2)7-10(18)8-11(15)16/h7,11H,3-6,8H2,1-2H3,(H,17,19,20)/t11-,15+,16-/m0/s1. The predicted molar refractivity (Wildman–Crippen MR) is 75.4 cm³/mol. The van der Waals surface area contributed by atoms with Gasteiger partial charge in [-0.2, -0.15) is 0 Å². The molecule has 0 aromatic heterocycles. The van der Waals surface area contributed by atoms with E-state index in [2.05, 4.69) is 5.32 Å². The summed E-state index contributed by atoms with van der Waals surface area (Å²) in [5.41, 5.74) is -1.72. The molecule has 1 saturated carbocycles. The molecule has 1 aliphatic heterocycles. The van der Waals surface area contributed by atoms with E-state index >= 15 is 0 Å². The first-order valence-corrected chi connectivity index (χ1v) is 7.64. The third-order valence-electron chi connectivity index (χ3n) is 5.50. The van der Waals surface area contributed by atoms with Crippen LogP contribution in [-0.4, -0.2) is 30.2 Å². The monoisotopic (exact) mass is 305 g/mol. The number of allylic oxidation sites excluding steroid dienone is 1. The van der Waals surface area contributed by atoms with Gasteiger partial charge in [-0.25, -0.2) is 0 Å². The maximum Gasteiger partial charge on any atom is 0.322 e. The number of piperidine rings is 1. The van der Waals surface area contributed by atoms with Gasteiger partial charge in [0.15, 0.2) is 11.2 Å². The zero-order valence-corrected chi connectivity index (χ0v) is 12.7. The van der Waals surface area contributed by atoms with E-state index in [4.69, 9.17) is 4.74 Å². The second-order valence-electron chi connectivity index (χ2n) is 6.35. The maximum atomic E-state index is 12.6. The van der Waals surface area contributed by atoms with E-state index in [-0.39, 0.29) is 24.7 Å².